The molecule has 2 aromatic rings. The van der Waals surface area contributed by atoms with E-state index in [4.69, 9.17) is 16.6 Å². The molecule has 0 aliphatic carbocycles. The number of aromatic nitrogens is 2. The number of imidazole rings is 1. The summed E-state index contributed by atoms with van der Waals surface area (Å²) in [6.45, 7) is 8.81. The minimum absolute atomic E-state index is 0.162. The van der Waals surface area contributed by atoms with E-state index in [1.807, 2.05) is 18.2 Å². The summed E-state index contributed by atoms with van der Waals surface area (Å²) in [4.78, 5) is 4.96. The molecule has 1 N–H and O–H groups in total. The molecule has 3 rings (SSSR count). The third kappa shape index (κ3) is 2.04. The normalized spacial score (nSPS) is 23.1. The summed E-state index contributed by atoms with van der Waals surface area (Å²) >= 11 is 6.18. The molecule has 1 aliphatic rings. The molecule has 0 radical (unpaired) electrons. The highest BCUT2D eigenvalue weighted by molar-refractivity contribution is 6.31. The van der Waals surface area contributed by atoms with Gasteiger partial charge in [-0.25, -0.2) is 4.98 Å². The van der Waals surface area contributed by atoms with E-state index in [0.717, 1.165) is 42.0 Å². The van der Waals surface area contributed by atoms with Crippen molar-refractivity contribution in [2.24, 2.45) is 0 Å². The van der Waals surface area contributed by atoms with Crippen LogP contribution in [0.15, 0.2) is 18.2 Å². The molecule has 1 fully saturated rings. The molecule has 4 heteroatoms. The van der Waals surface area contributed by atoms with Gasteiger partial charge in [-0.05, 0) is 51.4 Å². The highest BCUT2D eigenvalue weighted by Gasteiger charge is 2.38. The summed E-state index contributed by atoms with van der Waals surface area (Å²) in [7, 11) is 0. The molecule has 1 saturated heterocycles. The minimum Gasteiger partial charge on any atom is -0.325 e. The summed E-state index contributed by atoms with van der Waals surface area (Å²) in [5.41, 5.74) is 2.37. The van der Waals surface area contributed by atoms with Crippen LogP contribution in [0.2, 0.25) is 5.02 Å². The third-order valence-electron chi connectivity index (χ3n) is 4.56. The zero-order valence-electron chi connectivity index (χ0n) is 12.4. The predicted octanol–water partition coefficient (Wildman–Crippen LogP) is 3.91. The summed E-state index contributed by atoms with van der Waals surface area (Å²) in [5, 5.41) is 4.28. The number of fused-ring (bicyclic) bond motifs is 1. The maximum absolute atomic E-state index is 6.18. The summed E-state index contributed by atoms with van der Waals surface area (Å²) in [6.07, 6.45) is 2.27. The number of nitrogens with one attached hydrogen (secondary N) is 1. The molecule has 0 bridgehead atoms. The maximum atomic E-state index is 6.18. The number of hydrogen-bond acceptors (Lipinski definition) is 2. The van der Waals surface area contributed by atoms with Gasteiger partial charge in [-0.3, -0.25) is 0 Å². The Balaban J connectivity index is 2.26. The quantitative estimate of drug-likeness (QED) is 0.929. The smallest absolute Gasteiger partial charge is 0.117 e. The lowest BCUT2D eigenvalue weighted by Gasteiger charge is -2.28. The molecular formula is C16H22ClN3. The van der Waals surface area contributed by atoms with Crippen molar-refractivity contribution in [1.82, 2.24) is 14.9 Å². The van der Waals surface area contributed by atoms with Crippen LogP contribution in [0.25, 0.3) is 11.0 Å². The van der Waals surface area contributed by atoms with Crippen molar-refractivity contribution in [2.75, 3.05) is 13.1 Å². The van der Waals surface area contributed by atoms with Crippen LogP contribution in [0.1, 0.15) is 45.5 Å². The molecular weight excluding hydrogens is 270 g/mol. The SMILES string of the molecule is CCC1(c2nc3ccc(Cl)cc3n2C(C)C)CCNC1. The first-order valence-electron chi connectivity index (χ1n) is 7.46. The Morgan fingerprint density at radius 3 is 2.85 bits per heavy atom. The Kier molecular flexibility index (Phi) is 3.51. The lowest BCUT2D eigenvalue weighted by molar-refractivity contribution is 0.394. The van der Waals surface area contributed by atoms with Gasteiger partial charge in [0.25, 0.3) is 0 Å². The molecule has 2 heterocycles. The van der Waals surface area contributed by atoms with E-state index in [0.29, 0.717) is 6.04 Å². The Labute approximate surface area is 125 Å². The van der Waals surface area contributed by atoms with Crippen LogP contribution >= 0.6 is 11.6 Å². The van der Waals surface area contributed by atoms with Gasteiger partial charge in [0.05, 0.1) is 11.0 Å². The van der Waals surface area contributed by atoms with Crippen molar-refractivity contribution in [3.8, 4) is 0 Å². The topological polar surface area (TPSA) is 29.9 Å². The van der Waals surface area contributed by atoms with E-state index in [-0.39, 0.29) is 5.41 Å². The molecule has 0 saturated carbocycles. The van der Waals surface area contributed by atoms with Gasteiger partial charge in [0, 0.05) is 23.0 Å². The lowest BCUT2D eigenvalue weighted by atomic mass is 9.83. The van der Waals surface area contributed by atoms with E-state index in [1.165, 1.54) is 5.82 Å². The number of nitrogens with zero attached hydrogens (tertiary/aromatic N) is 2. The standard InChI is InChI=1S/C16H22ClN3/c1-4-16(7-8-18-10-16)15-19-13-6-5-12(17)9-14(13)20(15)11(2)3/h5-6,9,11,18H,4,7-8,10H2,1-3H3. The van der Waals surface area contributed by atoms with Gasteiger partial charge in [0.2, 0.25) is 0 Å². The Morgan fingerprint density at radius 2 is 2.25 bits per heavy atom. The lowest BCUT2D eigenvalue weighted by Crippen LogP contribution is -2.32. The fourth-order valence-electron chi connectivity index (χ4n) is 3.36. The van der Waals surface area contributed by atoms with Gasteiger partial charge in [-0.2, -0.15) is 0 Å². The predicted molar refractivity (Wildman–Crippen MR) is 84.6 cm³/mol. The van der Waals surface area contributed by atoms with Crippen LogP contribution in [-0.4, -0.2) is 22.6 Å². The minimum atomic E-state index is 0.162. The Morgan fingerprint density at radius 1 is 1.45 bits per heavy atom. The molecule has 3 nitrogen and oxygen atoms in total. The van der Waals surface area contributed by atoms with E-state index in [1.54, 1.807) is 0 Å². The van der Waals surface area contributed by atoms with Crippen LogP contribution in [-0.2, 0) is 5.41 Å². The van der Waals surface area contributed by atoms with Crippen LogP contribution in [0, 0.1) is 0 Å². The molecule has 0 amide bonds. The zero-order chi connectivity index (χ0) is 14.3. The van der Waals surface area contributed by atoms with Crippen LogP contribution in [0.4, 0.5) is 0 Å². The van der Waals surface area contributed by atoms with Gasteiger partial charge in [-0.1, -0.05) is 18.5 Å². The monoisotopic (exact) mass is 291 g/mol. The van der Waals surface area contributed by atoms with Gasteiger partial charge in [0.1, 0.15) is 5.82 Å². The van der Waals surface area contributed by atoms with Gasteiger partial charge in [0.15, 0.2) is 0 Å². The molecule has 1 aliphatic heterocycles. The largest absolute Gasteiger partial charge is 0.325 e. The summed E-state index contributed by atoms with van der Waals surface area (Å²) < 4.78 is 2.37. The van der Waals surface area contributed by atoms with Gasteiger partial charge < -0.3 is 9.88 Å². The number of halogens is 1. The fourth-order valence-corrected chi connectivity index (χ4v) is 3.52. The van der Waals surface area contributed by atoms with Crippen molar-refractivity contribution in [3.63, 3.8) is 0 Å². The summed E-state index contributed by atoms with van der Waals surface area (Å²) in [5.74, 6) is 1.22. The van der Waals surface area contributed by atoms with Gasteiger partial charge in [-0.15, -0.1) is 0 Å². The second-order valence-corrected chi connectivity index (χ2v) is 6.53. The number of rotatable bonds is 3. The van der Waals surface area contributed by atoms with E-state index >= 15 is 0 Å². The first-order valence-corrected chi connectivity index (χ1v) is 7.84. The van der Waals surface area contributed by atoms with Crippen molar-refractivity contribution >= 4 is 22.6 Å². The van der Waals surface area contributed by atoms with Crippen LogP contribution in [0.3, 0.4) is 0 Å². The second kappa shape index (κ2) is 5.05. The molecule has 1 aromatic heterocycles. The highest BCUT2D eigenvalue weighted by Crippen LogP contribution is 2.37. The first kappa shape index (κ1) is 13.9. The van der Waals surface area contributed by atoms with E-state index in [2.05, 4.69) is 30.7 Å². The molecule has 1 unspecified atom stereocenters. The van der Waals surface area contributed by atoms with Crippen molar-refractivity contribution in [2.45, 2.75) is 45.1 Å². The highest BCUT2D eigenvalue weighted by atomic mass is 35.5. The summed E-state index contributed by atoms with van der Waals surface area (Å²) in [6, 6.07) is 6.39. The second-order valence-electron chi connectivity index (χ2n) is 6.09. The number of benzene rings is 1. The van der Waals surface area contributed by atoms with Crippen molar-refractivity contribution < 1.29 is 0 Å². The van der Waals surface area contributed by atoms with Gasteiger partial charge >= 0.3 is 0 Å². The average Bonchev–Trinajstić information content (AvgIpc) is 3.02. The zero-order valence-corrected chi connectivity index (χ0v) is 13.2. The van der Waals surface area contributed by atoms with E-state index < -0.39 is 0 Å². The molecule has 1 aromatic carbocycles. The Bertz CT molecular complexity index is 624. The van der Waals surface area contributed by atoms with Crippen molar-refractivity contribution in [1.29, 1.82) is 0 Å². The average molecular weight is 292 g/mol. The maximum Gasteiger partial charge on any atom is 0.117 e. The van der Waals surface area contributed by atoms with E-state index in [9.17, 15) is 0 Å². The first-order chi connectivity index (χ1) is 9.57. The van der Waals surface area contributed by atoms with Crippen molar-refractivity contribution in [3.05, 3.63) is 29.0 Å². The Hall–Kier alpha value is -1.06. The van der Waals surface area contributed by atoms with Crippen LogP contribution in [0.5, 0.6) is 0 Å². The third-order valence-corrected chi connectivity index (χ3v) is 4.80. The number of hydrogen-bond donors (Lipinski definition) is 1. The molecule has 1 atom stereocenters. The van der Waals surface area contributed by atoms with Crippen LogP contribution < -0.4 is 5.32 Å². The fraction of sp³-hybridized carbons (Fsp3) is 0.562. The molecule has 108 valence electrons. The molecule has 0 spiro atoms. The molecule has 20 heavy (non-hydrogen) atoms.